The number of aromatic nitrogens is 3. The lowest BCUT2D eigenvalue weighted by atomic mass is 9.94. The molecule has 0 bridgehead atoms. The maximum atomic E-state index is 14.2. The van der Waals surface area contributed by atoms with Crippen LogP contribution in [0.1, 0.15) is 36.7 Å². The lowest BCUT2D eigenvalue weighted by Crippen LogP contribution is -2.40. The van der Waals surface area contributed by atoms with Crippen molar-refractivity contribution in [2.75, 3.05) is 20.8 Å². The first-order chi connectivity index (χ1) is 21.5. The van der Waals surface area contributed by atoms with Crippen LogP contribution in [-0.2, 0) is 9.53 Å². The van der Waals surface area contributed by atoms with Crippen molar-refractivity contribution in [1.29, 1.82) is 0 Å². The highest BCUT2D eigenvalue weighted by atomic mass is 32.2. The second-order valence-corrected chi connectivity index (χ2v) is 11.7. The van der Waals surface area contributed by atoms with Crippen LogP contribution in [0.15, 0.2) is 78.4 Å². The van der Waals surface area contributed by atoms with Crippen LogP contribution < -0.4 is 29.9 Å². The van der Waals surface area contributed by atoms with E-state index in [9.17, 15) is 24.5 Å². The summed E-state index contributed by atoms with van der Waals surface area (Å²) in [5.74, 6) is 0.246. The molecular weight excluding hydrogens is 622 g/mol. The molecule has 2 aromatic carbocycles. The van der Waals surface area contributed by atoms with E-state index in [1.54, 1.807) is 39.0 Å². The van der Waals surface area contributed by atoms with Crippen molar-refractivity contribution in [3.8, 4) is 11.5 Å². The molecule has 45 heavy (non-hydrogen) atoms. The van der Waals surface area contributed by atoms with Crippen LogP contribution in [0.5, 0.6) is 11.5 Å². The number of rotatable bonds is 9. The molecule has 3 heterocycles. The third-order valence-electron chi connectivity index (χ3n) is 6.79. The van der Waals surface area contributed by atoms with Gasteiger partial charge in [-0.25, -0.2) is 14.8 Å². The monoisotopic (exact) mass is 649 g/mol. The summed E-state index contributed by atoms with van der Waals surface area (Å²) in [6, 6.07) is 9.63. The number of fused-ring (bicyclic) bond motifs is 1. The van der Waals surface area contributed by atoms with Gasteiger partial charge < -0.3 is 19.2 Å². The zero-order chi connectivity index (χ0) is 32.4. The molecule has 1 N–H and O–H groups in total. The molecule has 0 spiro atoms. The average Bonchev–Trinajstić information content (AvgIpc) is 3.30. The van der Waals surface area contributed by atoms with Gasteiger partial charge in [-0.05, 0) is 56.7 Å². The van der Waals surface area contributed by atoms with Crippen molar-refractivity contribution in [2.45, 2.75) is 36.9 Å². The smallest absolute Gasteiger partial charge is 0.338 e. The number of methoxy groups -OCH3 is 2. The van der Waals surface area contributed by atoms with Gasteiger partial charge in [-0.15, -0.1) is 0 Å². The topological polar surface area (TPSA) is 168 Å². The van der Waals surface area contributed by atoms with Gasteiger partial charge in [-0.3, -0.25) is 24.3 Å². The Morgan fingerprint density at radius 3 is 2.60 bits per heavy atom. The molecule has 0 aliphatic carbocycles. The maximum Gasteiger partial charge on any atom is 0.338 e. The summed E-state index contributed by atoms with van der Waals surface area (Å²) in [5, 5.41) is 12.0. The largest absolute Gasteiger partial charge is 0.497 e. The summed E-state index contributed by atoms with van der Waals surface area (Å²) in [6.07, 6.45) is 1.52. The van der Waals surface area contributed by atoms with Gasteiger partial charge in [-0.1, -0.05) is 23.1 Å². The number of ether oxygens (including phenoxy) is 3. The van der Waals surface area contributed by atoms with E-state index in [0.29, 0.717) is 43.7 Å². The molecule has 13 nitrogen and oxygen atoms in total. The minimum absolute atomic E-state index is 0.107. The first-order valence-electron chi connectivity index (χ1n) is 13.5. The van der Waals surface area contributed by atoms with Crippen molar-refractivity contribution in [3.05, 3.63) is 111 Å². The summed E-state index contributed by atoms with van der Waals surface area (Å²) in [4.78, 5) is 63.1. The van der Waals surface area contributed by atoms with Gasteiger partial charge in [0.15, 0.2) is 9.96 Å². The number of nitrogens with one attached hydrogen (secondary N) is 1. The third-order valence-corrected chi connectivity index (χ3v) is 8.76. The summed E-state index contributed by atoms with van der Waals surface area (Å²) >= 11 is 2.15. The first kappa shape index (κ1) is 31.4. The lowest BCUT2D eigenvalue weighted by molar-refractivity contribution is -0.384. The summed E-state index contributed by atoms with van der Waals surface area (Å²) < 4.78 is 18.0. The number of aryl methyl sites for hydroxylation is 1. The molecule has 0 radical (unpaired) electrons. The number of allylic oxidation sites excluding steroid dienone is 1. The number of hydrogen-bond donors (Lipinski definition) is 1. The van der Waals surface area contributed by atoms with Crippen LogP contribution in [0.25, 0.3) is 6.08 Å². The van der Waals surface area contributed by atoms with Gasteiger partial charge >= 0.3 is 5.97 Å². The fraction of sp³-hybridized carbons (Fsp3) is 0.233. The molecule has 0 amide bonds. The molecule has 0 saturated heterocycles. The van der Waals surface area contributed by atoms with Gasteiger partial charge in [-0.2, -0.15) is 0 Å². The van der Waals surface area contributed by atoms with Gasteiger partial charge in [0, 0.05) is 34.4 Å². The second-order valence-electron chi connectivity index (χ2n) is 9.68. The molecule has 1 aliphatic heterocycles. The molecule has 1 aliphatic rings. The van der Waals surface area contributed by atoms with E-state index in [1.807, 2.05) is 0 Å². The zero-order valence-electron chi connectivity index (χ0n) is 24.8. The van der Waals surface area contributed by atoms with Crippen molar-refractivity contribution < 1.29 is 23.9 Å². The van der Waals surface area contributed by atoms with E-state index in [1.165, 1.54) is 49.1 Å². The van der Waals surface area contributed by atoms with Crippen LogP contribution in [0, 0.1) is 17.0 Å². The van der Waals surface area contributed by atoms with Crippen LogP contribution >= 0.6 is 23.1 Å². The quantitative estimate of drug-likeness (QED) is 0.123. The number of carbonyl (C=O) groups excluding carboxylic acids is 1. The first-order valence-corrected chi connectivity index (χ1v) is 15.1. The molecular formula is C30H27N5O8S2. The molecule has 0 fully saturated rings. The van der Waals surface area contributed by atoms with Crippen LogP contribution in [0.4, 0.5) is 5.69 Å². The number of thiazole rings is 1. The Balaban J connectivity index is 1.75. The molecule has 2 aromatic heterocycles. The number of nitro benzene ring substituents is 1. The van der Waals surface area contributed by atoms with E-state index >= 15 is 0 Å². The highest BCUT2D eigenvalue weighted by molar-refractivity contribution is 7.99. The van der Waals surface area contributed by atoms with Crippen molar-refractivity contribution >= 4 is 40.8 Å². The Kier molecular flexibility index (Phi) is 9.01. The van der Waals surface area contributed by atoms with Crippen molar-refractivity contribution in [3.63, 3.8) is 0 Å². The van der Waals surface area contributed by atoms with Gasteiger partial charge in [0.05, 0.1) is 41.6 Å². The Bertz CT molecular complexity index is 2120. The van der Waals surface area contributed by atoms with E-state index in [2.05, 4.69) is 15.0 Å². The molecule has 1 atom stereocenters. The van der Waals surface area contributed by atoms with E-state index < -0.39 is 22.5 Å². The molecule has 232 valence electrons. The number of hydrogen-bond acceptors (Lipinski definition) is 12. The Morgan fingerprint density at radius 2 is 1.93 bits per heavy atom. The zero-order valence-corrected chi connectivity index (χ0v) is 26.4. The number of non-ortho nitro benzene ring substituents is 1. The Morgan fingerprint density at radius 1 is 1.16 bits per heavy atom. The highest BCUT2D eigenvalue weighted by Crippen LogP contribution is 2.38. The molecule has 0 unspecified atom stereocenters. The number of carbonyl (C=O) groups is 1. The Hall–Kier alpha value is -5.02. The minimum atomic E-state index is -0.979. The third kappa shape index (κ3) is 6.30. The van der Waals surface area contributed by atoms with E-state index in [-0.39, 0.29) is 33.1 Å². The predicted molar refractivity (Wildman–Crippen MR) is 167 cm³/mol. The Labute approximate surface area is 263 Å². The number of aromatic amines is 1. The summed E-state index contributed by atoms with van der Waals surface area (Å²) in [6.45, 7) is 5.13. The normalized spacial score (nSPS) is 14.5. The van der Waals surface area contributed by atoms with Crippen molar-refractivity contribution in [2.24, 2.45) is 4.99 Å². The predicted octanol–water partition coefficient (Wildman–Crippen LogP) is 3.27. The second kappa shape index (κ2) is 12.9. The molecule has 5 rings (SSSR count). The SMILES string of the molecule is CCOC(=O)C1=C(C)N=c2s/c(=C/c3cc([N+](=O)[O-])ccc3Sc3nc(C)cc(=O)[nH]3)c(=O)n2[C@@H]1c1cc(OC)ccc1OC. The van der Waals surface area contributed by atoms with Crippen LogP contribution in [0.2, 0.25) is 0 Å². The highest BCUT2D eigenvalue weighted by Gasteiger charge is 2.35. The van der Waals surface area contributed by atoms with E-state index in [0.717, 1.165) is 23.1 Å². The van der Waals surface area contributed by atoms with Crippen LogP contribution in [-0.4, -0.2) is 46.3 Å². The van der Waals surface area contributed by atoms with Crippen LogP contribution in [0.3, 0.4) is 0 Å². The maximum absolute atomic E-state index is 14.2. The standard InChI is InChI=1S/C30H27N5O8S2/c1-6-43-28(38)25-16(3)32-30-34(26(25)20-14-19(41-4)8-9-21(20)42-5)27(37)23(45-30)13-17-12-18(35(39)40)7-10-22(17)44-29-31-15(2)11-24(36)33-29/h7-14,26H,6H2,1-5H3,(H,31,33,36)/b23-13+/t26-/m1/s1. The molecule has 4 aromatic rings. The van der Waals surface area contributed by atoms with Gasteiger partial charge in [0.1, 0.15) is 17.5 Å². The number of nitrogens with zero attached hydrogens (tertiary/aromatic N) is 4. The number of nitro groups is 1. The van der Waals surface area contributed by atoms with Gasteiger partial charge in [0.25, 0.3) is 16.8 Å². The lowest BCUT2D eigenvalue weighted by Gasteiger charge is -2.26. The summed E-state index contributed by atoms with van der Waals surface area (Å²) in [7, 11) is 2.98. The minimum Gasteiger partial charge on any atom is -0.497 e. The fourth-order valence-electron chi connectivity index (χ4n) is 4.84. The molecule has 0 saturated carbocycles. The number of H-pyrrole nitrogens is 1. The summed E-state index contributed by atoms with van der Waals surface area (Å²) in [5.41, 5.74) is 0.807. The van der Waals surface area contributed by atoms with E-state index in [4.69, 9.17) is 14.2 Å². The fourth-order valence-corrected chi connectivity index (χ4v) is 6.80. The molecule has 15 heteroatoms. The van der Waals surface area contributed by atoms with Gasteiger partial charge in [0.2, 0.25) is 0 Å². The van der Waals surface area contributed by atoms with Crippen molar-refractivity contribution in [1.82, 2.24) is 14.5 Å². The average molecular weight is 650 g/mol. The number of esters is 1. The number of benzene rings is 2.